The topological polar surface area (TPSA) is 34.1 Å². The SMILES string of the molecule is C=C(C)[C@@H](C)CS(=O)(=O)c1ccccc1. The molecule has 1 aromatic rings. The number of benzene rings is 1. The molecular formula is C12H16O2S. The molecule has 1 aromatic carbocycles. The Balaban J connectivity index is 2.91. The van der Waals surface area contributed by atoms with Gasteiger partial charge in [-0.2, -0.15) is 0 Å². The molecule has 0 spiro atoms. The van der Waals surface area contributed by atoms with Crippen molar-refractivity contribution in [3.8, 4) is 0 Å². The number of rotatable bonds is 4. The van der Waals surface area contributed by atoms with Crippen molar-refractivity contribution in [1.82, 2.24) is 0 Å². The smallest absolute Gasteiger partial charge is 0.178 e. The maximum Gasteiger partial charge on any atom is 0.178 e. The van der Waals surface area contributed by atoms with E-state index in [4.69, 9.17) is 0 Å². The fraction of sp³-hybridized carbons (Fsp3) is 0.333. The van der Waals surface area contributed by atoms with Crippen molar-refractivity contribution in [2.45, 2.75) is 18.7 Å². The molecule has 0 saturated heterocycles. The lowest BCUT2D eigenvalue weighted by Crippen LogP contribution is -2.14. The lowest BCUT2D eigenvalue weighted by Gasteiger charge is -2.11. The van der Waals surface area contributed by atoms with Gasteiger partial charge in [-0.25, -0.2) is 8.42 Å². The van der Waals surface area contributed by atoms with E-state index in [1.165, 1.54) is 0 Å². The van der Waals surface area contributed by atoms with Gasteiger partial charge in [-0.1, -0.05) is 37.3 Å². The van der Waals surface area contributed by atoms with Crippen molar-refractivity contribution < 1.29 is 8.42 Å². The first-order valence-electron chi connectivity index (χ1n) is 4.86. The van der Waals surface area contributed by atoms with E-state index in [9.17, 15) is 8.42 Å². The number of hydrogen-bond donors (Lipinski definition) is 0. The van der Waals surface area contributed by atoms with Gasteiger partial charge in [0.1, 0.15) is 0 Å². The summed E-state index contributed by atoms with van der Waals surface area (Å²) < 4.78 is 23.8. The molecule has 82 valence electrons. The third kappa shape index (κ3) is 3.20. The zero-order valence-corrected chi connectivity index (χ0v) is 9.92. The quantitative estimate of drug-likeness (QED) is 0.737. The second kappa shape index (κ2) is 4.62. The van der Waals surface area contributed by atoms with E-state index in [0.29, 0.717) is 4.90 Å². The van der Waals surface area contributed by atoms with Gasteiger partial charge in [0.05, 0.1) is 10.6 Å². The Morgan fingerprint density at radius 1 is 1.33 bits per heavy atom. The van der Waals surface area contributed by atoms with Gasteiger partial charge in [-0.15, -0.1) is 0 Å². The van der Waals surface area contributed by atoms with Gasteiger partial charge in [0.25, 0.3) is 0 Å². The molecule has 0 saturated carbocycles. The van der Waals surface area contributed by atoms with Gasteiger partial charge >= 0.3 is 0 Å². The van der Waals surface area contributed by atoms with Crippen LogP contribution in [0.5, 0.6) is 0 Å². The van der Waals surface area contributed by atoms with Gasteiger partial charge in [0, 0.05) is 0 Å². The zero-order valence-electron chi connectivity index (χ0n) is 9.10. The van der Waals surface area contributed by atoms with Crippen molar-refractivity contribution in [3.05, 3.63) is 42.5 Å². The van der Waals surface area contributed by atoms with Crippen molar-refractivity contribution in [2.75, 3.05) is 5.75 Å². The van der Waals surface area contributed by atoms with Gasteiger partial charge < -0.3 is 0 Å². The Morgan fingerprint density at radius 2 is 1.87 bits per heavy atom. The normalized spacial score (nSPS) is 13.5. The van der Waals surface area contributed by atoms with Crippen LogP contribution in [0.4, 0.5) is 0 Å². The van der Waals surface area contributed by atoms with Crippen LogP contribution in [-0.2, 0) is 9.84 Å². The summed E-state index contributed by atoms with van der Waals surface area (Å²) in [5.41, 5.74) is 0.898. The van der Waals surface area contributed by atoms with Crippen LogP contribution in [0.1, 0.15) is 13.8 Å². The predicted octanol–water partition coefficient (Wildman–Crippen LogP) is 2.67. The first kappa shape index (κ1) is 12.0. The van der Waals surface area contributed by atoms with Crippen LogP contribution in [-0.4, -0.2) is 14.2 Å². The summed E-state index contributed by atoms with van der Waals surface area (Å²) in [7, 11) is -3.17. The second-order valence-electron chi connectivity index (χ2n) is 3.84. The maximum absolute atomic E-state index is 11.9. The van der Waals surface area contributed by atoms with Crippen LogP contribution in [0.2, 0.25) is 0 Å². The van der Waals surface area contributed by atoms with Crippen LogP contribution in [0.3, 0.4) is 0 Å². The Hall–Kier alpha value is -1.09. The molecule has 1 atom stereocenters. The van der Waals surface area contributed by atoms with Crippen LogP contribution < -0.4 is 0 Å². The molecule has 0 unspecified atom stereocenters. The fourth-order valence-corrected chi connectivity index (χ4v) is 2.90. The van der Waals surface area contributed by atoms with Crippen molar-refractivity contribution >= 4 is 9.84 Å². The molecule has 0 heterocycles. The molecule has 0 fully saturated rings. The number of allylic oxidation sites excluding steroid dienone is 1. The van der Waals surface area contributed by atoms with Gasteiger partial charge in [-0.05, 0) is 25.0 Å². The highest BCUT2D eigenvalue weighted by atomic mass is 32.2. The van der Waals surface area contributed by atoms with E-state index in [1.54, 1.807) is 30.3 Å². The minimum Gasteiger partial charge on any atom is -0.224 e. The summed E-state index contributed by atoms with van der Waals surface area (Å²) in [6.45, 7) is 7.50. The average Bonchev–Trinajstić information content (AvgIpc) is 2.18. The molecule has 0 bridgehead atoms. The molecule has 0 aliphatic rings. The molecule has 2 nitrogen and oxygen atoms in total. The van der Waals surface area contributed by atoms with Crippen LogP contribution >= 0.6 is 0 Å². The molecule has 15 heavy (non-hydrogen) atoms. The third-order valence-corrected chi connectivity index (χ3v) is 4.34. The lowest BCUT2D eigenvalue weighted by atomic mass is 10.1. The third-order valence-electron chi connectivity index (χ3n) is 2.41. The second-order valence-corrected chi connectivity index (χ2v) is 5.88. The maximum atomic E-state index is 11.9. The van der Waals surface area contributed by atoms with Crippen LogP contribution in [0.25, 0.3) is 0 Å². The molecule has 0 aliphatic carbocycles. The van der Waals surface area contributed by atoms with Crippen LogP contribution in [0.15, 0.2) is 47.4 Å². The van der Waals surface area contributed by atoms with E-state index >= 15 is 0 Å². The molecule has 0 radical (unpaired) electrons. The van der Waals surface area contributed by atoms with E-state index in [2.05, 4.69) is 6.58 Å². The van der Waals surface area contributed by atoms with Crippen molar-refractivity contribution in [1.29, 1.82) is 0 Å². The summed E-state index contributed by atoms with van der Waals surface area (Å²) in [6.07, 6.45) is 0. The lowest BCUT2D eigenvalue weighted by molar-refractivity contribution is 0.585. The average molecular weight is 224 g/mol. The minimum absolute atomic E-state index is 0.00444. The van der Waals surface area contributed by atoms with Gasteiger partial charge in [-0.3, -0.25) is 0 Å². The molecule has 0 aliphatic heterocycles. The molecule has 0 amide bonds. The number of sulfone groups is 1. The highest BCUT2D eigenvalue weighted by Gasteiger charge is 2.18. The van der Waals surface area contributed by atoms with E-state index in [1.807, 2.05) is 13.8 Å². The van der Waals surface area contributed by atoms with E-state index in [-0.39, 0.29) is 11.7 Å². The zero-order chi connectivity index (χ0) is 11.5. The standard InChI is InChI=1S/C12H16O2S/c1-10(2)11(3)9-15(13,14)12-7-5-4-6-8-12/h4-8,11H,1,9H2,2-3H3/t11-/m0/s1. The fourth-order valence-electron chi connectivity index (χ4n) is 1.20. The Bertz CT molecular complexity index is 432. The highest BCUT2D eigenvalue weighted by Crippen LogP contribution is 2.17. The van der Waals surface area contributed by atoms with Gasteiger partial charge in [0.15, 0.2) is 9.84 Å². The Labute approximate surface area is 91.6 Å². The van der Waals surface area contributed by atoms with Crippen LogP contribution in [0, 0.1) is 5.92 Å². The highest BCUT2D eigenvalue weighted by molar-refractivity contribution is 7.91. The predicted molar refractivity (Wildman–Crippen MR) is 62.5 cm³/mol. The molecule has 0 N–H and O–H groups in total. The molecular weight excluding hydrogens is 208 g/mol. The van der Waals surface area contributed by atoms with E-state index < -0.39 is 9.84 Å². The molecule has 1 rings (SSSR count). The largest absolute Gasteiger partial charge is 0.224 e. The van der Waals surface area contributed by atoms with Crippen molar-refractivity contribution in [2.24, 2.45) is 5.92 Å². The van der Waals surface area contributed by atoms with E-state index in [0.717, 1.165) is 5.57 Å². The summed E-state index contributed by atoms with van der Waals surface area (Å²) in [5, 5.41) is 0. The first-order chi connectivity index (χ1) is 6.93. The monoisotopic (exact) mass is 224 g/mol. The Kier molecular flexibility index (Phi) is 3.69. The summed E-state index contributed by atoms with van der Waals surface area (Å²) in [5.74, 6) is 0.127. The molecule has 0 aromatic heterocycles. The van der Waals surface area contributed by atoms with Gasteiger partial charge in [0.2, 0.25) is 0 Å². The minimum atomic E-state index is -3.17. The summed E-state index contributed by atoms with van der Waals surface area (Å²) >= 11 is 0. The Morgan fingerprint density at radius 3 is 2.33 bits per heavy atom. The number of hydrogen-bond acceptors (Lipinski definition) is 2. The summed E-state index contributed by atoms with van der Waals surface area (Å²) in [4.78, 5) is 0.387. The first-order valence-corrected chi connectivity index (χ1v) is 6.52. The molecule has 3 heteroatoms. The van der Waals surface area contributed by atoms with Crippen molar-refractivity contribution in [3.63, 3.8) is 0 Å². The summed E-state index contributed by atoms with van der Waals surface area (Å²) in [6, 6.07) is 8.53.